The highest BCUT2D eigenvalue weighted by Gasteiger charge is 2.19. The number of carbonyl (C=O) groups is 1. The molecule has 9 heteroatoms. The van der Waals surface area contributed by atoms with Crippen molar-refractivity contribution in [2.45, 2.75) is 11.8 Å². The second-order valence-electron chi connectivity index (χ2n) is 7.70. The fourth-order valence-corrected chi connectivity index (χ4v) is 5.09. The van der Waals surface area contributed by atoms with Crippen LogP contribution in [-0.2, 0) is 14.8 Å². The van der Waals surface area contributed by atoms with Gasteiger partial charge in [-0.15, -0.1) is 0 Å². The van der Waals surface area contributed by atoms with Gasteiger partial charge in [-0.3, -0.25) is 9.52 Å². The van der Waals surface area contributed by atoms with Crippen molar-refractivity contribution in [2.24, 2.45) is 0 Å². The minimum atomic E-state index is -3.88. The second-order valence-corrected chi connectivity index (χ2v) is 9.78. The maximum atomic E-state index is 12.9. The van der Waals surface area contributed by atoms with Crippen LogP contribution in [0.15, 0.2) is 71.6 Å². The number of nitrogens with one attached hydrogen (secondary N) is 2. The maximum absolute atomic E-state index is 12.9. The highest BCUT2D eigenvalue weighted by atomic mass is 35.5. The van der Waals surface area contributed by atoms with E-state index in [1.54, 1.807) is 49.4 Å². The Morgan fingerprint density at radius 2 is 1.70 bits per heavy atom. The molecule has 0 aromatic heterocycles. The van der Waals surface area contributed by atoms with Crippen molar-refractivity contribution in [1.82, 2.24) is 0 Å². The molecule has 1 saturated heterocycles. The Balaban J connectivity index is 1.49. The zero-order chi connectivity index (χ0) is 23.4. The minimum absolute atomic E-state index is 0.0722. The van der Waals surface area contributed by atoms with E-state index in [1.165, 1.54) is 12.1 Å². The molecule has 4 rings (SSSR count). The standard InChI is InChI=1S/C24H24ClN3O4S/c1-17-5-8-20(16-23(17)33(30,31)27-21-4-2-3-19(25)15-21)26-24(29)18-6-9-22(10-7-18)28-11-13-32-14-12-28/h2-10,15-16,27H,11-14H2,1H3,(H,26,29). The summed E-state index contributed by atoms with van der Waals surface area (Å²) in [6, 6.07) is 18.6. The maximum Gasteiger partial charge on any atom is 0.262 e. The summed E-state index contributed by atoms with van der Waals surface area (Å²) in [5.41, 5.74) is 2.81. The van der Waals surface area contributed by atoms with Gasteiger partial charge in [-0.05, 0) is 67.1 Å². The summed E-state index contributed by atoms with van der Waals surface area (Å²) >= 11 is 5.96. The molecule has 1 amide bonds. The van der Waals surface area contributed by atoms with E-state index in [2.05, 4.69) is 14.9 Å². The highest BCUT2D eigenvalue weighted by Crippen LogP contribution is 2.25. The molecule has 0 spiro atoms. The first-order chi connectivity index (χ1) is 15.8. The molecule has 1 aliphatic heterocycles. The number of amides is 1. The lowest BCUT2D eigenvalue weighted by atomic mass is 10.1. The van der Waals surface area contributed by atoms with E-state index in [1.807, 2.05) is 12.1 Å². The zero-order valence-corrected chi connectivity index (χ0v) is 19.6. The van der Waals surface area contributed by atoms with Gasteiger partial charge >= 0.3 is 0 Å². The molecular formula is C24H24ClN3O4S. The molecule has 2 N–H and O–H groups in total. The van der Waals surface area contributed by atoms with Gasteiger partial charge in [-0.1, -0.05) is 23.7 Å². The third-order valence-corrected chi connectivity index (χ3v) is 7.08. The molecule has 33 heavy (non-hydrogen) atoms. The third kappa shape index (κ3) is 5.65. The van der Waals surface area contributed by atoms with Gasteiger partial charge in [0, 0.05) is 35.1 Å². The largest absolute Gasteiger partial charge is 0.378 e. The van der Waals surface area contributed by atoms with Gasteiger partial charge in [-0.25, -0.2) is 8.42 Å². The van der Waals surface area contributed by atoms with Crippen molar-refractivity contribution in [3.63, 3.8) is 0 Å². The number of benzene rings is 3. The van der Waals surface area contributed by atoms with Crippen molar-refractivity contribution >= 4 is 44.6 Å². The molecule has 0 aliphatic carbocycles. The van der Waals surface area contributed by atoms with Crippen LogP contribution in [-0.4, -0.2) is 40.6 Å². The van der Waals surface area contributed by atoms with E-state index >= 15 is 0 Å². The fraction of sp³-hybridized carbons (Fsp3) is 0.208. The number of carbonyl (C=O) groups excluding carboxylic acids is 1. The monoisotopic (exact) mass is 485 g/mol. The van der Waals surface area contributed by atoms with E-state index < -0.39 is 10.0 Å². The SMILES string of the molecule is Cc1ccc(NC(=O)c2ccc(N3CCOCC3)cc2)cc1S(=O)(=O)Nc1cccc(Cl)c1. The van der Waals surface area contributed by atoms with Crippen molar-refractivity contribution < 1.29 is 17.9 Å². The number of morpholine rings is 1. The van der Waals surface area contributed by atoms with Gasteiger partial charge in [-0.2, -0.15) is 0 Å². The summed E-state index contributed by atoms with van der Waals surface area (Å²) in [6.07, 6.45) is 0. The highest BCUT2D eigenvalue weighted by molar-refractivity contribution is 7.92. The minimum Gasteiger partial charge on any atom is -0.378 e. The molecule has 0 saturated carbocycles. The molecule has 172 valence electrons. The summed E-state index contributed by atoms with van der Waals surface area (Å²) in [7, 11) is -3.88. The Hall–Kier alpha value is -3.07. The number of halogens is 1. The Bertz CT molecular complexity index is 1260. The molecule has 3 aromatic rings. The fourth-order valence-electron chi connectivity index (χ4n) is 3.58. The first-order valence-corrected chi connectivity index (χ1v) is 12.3. The van der Waals surface area contributed by atoms with Crippen LogP contribution >= 0.6 is 11.6 Å². The summed E-state index contributed by atoms with van der Waals surface area (Å²) in [4.78, 5) is 15.0. The third-order valence-electron chi connectivity index (χ3n) is 5.32. The molecule has 1 heterocycles. The van der Waals surface area contributed by atoms with Gasteiger partial charge in [0.2, 0.25) is 0 Å². The molecule has 0 atom stereocenters. The van der Waals surface area contributed by atoms with Crippen molar-refractivity contribution in [3.05, 3.63) is 82.9 Å². The topological polar surface area (TPSA) is 87.7 Å². The summed E-state index contributed by atoms with van der Waals surface area (Å²) in [5.74, 6) is -0.321. The number of hydrogen-bond acceptors (Lipinski definition) is 5. The van der Waals surface area contributed by atoms with Crippen LogP contribution in [0, 0.1) is 6.92 Å². The first kappa shape index (κ1) is 23.1. The molecule has 0 unspecified atom stereocenters. The molecule has 0 bridgehead atoms. The molecule has 3 aromatic carbocycles. The number of hydrogen-bond donors (Lipinski definition) is 2. The molecule has 1 fully saturated rings. The first-order valence-electron chi connectivity index (χ1n) is 10.4. The van der Waals surface area contributed by atoms with Gasteiger partial charge in [0.25, 0.3) is 15.9 Å². The van der Waals surface area contributed by atoms with Gasteiger partial charge in [0.1, 0.15) is 0 Å². The van der Waals surface area contributed by atoms with E-state index in [0.717, 1.165) is 18.8 Å². The normalized spacial score (nSPS) is 14.1. The second kappa shape index (κ2) is 9.82. The Labute approximate surface area is 198 Å². The van der Waals surface area contributed by atoms with Crippen LogP contribution in [0.4, 0.5) is 17.1 Å². The number of ether oxygens (including phenoxy) is 1. The van der Waals surface area contributed by atoms with Crippen LogP contribution in [0.3, 0.4) is 0 Å². The van der Waals surface area contributed by atoms with Crippen LogP contribution < -0.4 is 14.9 Å². The predicted molar refractivity (Wildman–Crippen MR) is 131 cm³/mol. The lowest BCUT2D eigenvalue weighted by Crippen LogP contribution is -2.36. The van der Waals surface area contributed by atoms with E-state index in [-0.39, 0.29) is 10.8 Å². The smallest absolute Gasteiger partial charge is 0.262 e. The van der Waals surface area contributed by atoms with E-state index in [0.29, 0.717) is 40.7 Å². The summed E-state index contributed by atoms with van der Waals surface area (Å²) in [6.45, 7) is 4.70. The molecule has 0 radical (unpaired) electrons. The number of anilines is 3. The quantitative estimate of drug-likeness (QED) is 0.535. The van der Waals surface area contributed by atoms with E-state index in [9.17, 15) is 13.2 Å². The molecule has 1 aliphatic rings. The predicted octanol–water partition coefficient (Wildman–Crippen LogP) is 4.54. The molecule has 7 nitrogen and oxygen atoms in total. The van der Waals surface area contributed by atoms with Gasteiger partial charge < -0.3 is 15.0 Å². The zero-order valence-electron chi connectivity index (χ0n) is 18.0. The lowest BCUT2D eigenvalue weighted by molar-refractivity contribution is 0.102. The number of aryl methyl sites for hydroxylation is 1. The van der Waals surface area contributed by atoms with Crippen LogP contribution in [0.1, 0.15) is 15.9 Å². The molecular weight excluding hydrogens is 462 g/mol. The van der Waals surface area contributed by atoms with Crippen molar-refractivity contribution in [3.8, 4) is 0 Å². The summed E-state index contributed by atoms with van der Waals surface area (Å²) < 4.78 is 33.8. The average molecular weight is 486 g/mol. The van der Waals surface area contributed by atoms with Crippen LogP contribution in [0.5, 0.6) is 0 Å². The van der Waals surface area contributed by atoms with Gasteiger partial charge in [0.15, 0.2) is 0 Å². The Morgan fingerprint density at radius 1 is 0.970 bits per heavy atom. The van der Waals surface area contributed by atoms with Crippen LogP contribution in [0.25, 0.3) is 0 Å². The number of nitrogens with zero attached hydrogens (tertiary/aromatic N) is 1. The average Bonchev–Trinajstić information content (AvgIpc) is 2.80. The van der Waals surface area contributed by atoms with Crippen molar-refractivity contribution in [1.29, 1.82) is 0 Å². The van der Waals surface area contributed by atoms with Gasteiger partial charge in [0.05, 0.1) is 23.8 Å². The summed E-state index contributed by atoms with van der Waals surface area (Å²) in [5, 5.41) is 3.21. The van der Waals surface area contributed by atoms with Crippen molar-refractivity contribution in [2.75, 3.05) is 41.2 Å². The number of sulfonamides is 1. The van der Waals surface area contributed by atoms with Crippen LogP contribution in [0.2, 0.25) is 5.02 Å². The Kier molecular flexibility index (Phi) is 6.88. The van der Waals surface area contributed by atoms with E-state index in [4.69, 9.17) is 16.3 Å². The lowest BCUT2D eigenvalue weighted by Gasteiger charge is -2.28. The Morgan fingerprint density at radius 3 is 2.39 bits per heavy atom. The number of rotatable bonds is 6.